The van der Waals surface area contributed by atoms with Crippen LogP contribution < -0.4 is 11.1 Å². The molecule has 1 amide bonds. The molecule has 3 N–H and O–H groups in total. The van der Waals surface area contributed by atoms with Gasteiger partial charge in [0.1, 0.15) is 10.8 Å². The van der Waals surface area contributed by atoms with Crippen molar-refractivity contribution in [1.29, 1.82) is 0 Å². The molecule has 6 heteroatoms. The molecule has 20 heavy (non-hydrogen) atoms. The summed E-state index contributed by atoms with van der Waals surface area (Å²) in [6.07, 6.45) is 0. The molecular formula is C14H10BrFN2OS. The standard InChI is InChI=1S/C14H10BrFN2OS/c15-10-2-1-3-11(16)12(10)18-14(19)9-6-4-8(5-7-9)13(17)20/h1-7H,(H2,17,20)(H,18,19). The number of anilines is 1. The molecule has 3 nitrogen and oxygen atoms in total. The number of nitrogens with one attached hydrogen (secondary N) is 1. The first-order valence-electron chi connectivity index (χ1n) is 5.64. The number of rotatable bonds is 3. The highest BCUT2D eigenvalue weighted by atomic mass is 79.9. The average Bonchev–Trinajstić information content (AvgIpc) is 2.43. The number of hydrogen-bond donors (Lipinski definition) is 2. The molecule has 0 radical (unpaired) electrons. The van der Waals surface area contributed by atoms with Crippen molar-refractivity contribution < 1.29 is 9.18 Å². The lowest BCUT2D eigenvalue weighted by Gasteiger charge is -2.08. The van der Waals surface area contributed by atoms with Crippen molar-refractivity contribution in [3.63, 3.8) is 0 Å². The number of amides is 1. The van der Waals surface area contributed by atoms with Gasteiger partial charge in [0.15, 0.2) is 0 Å². The van der Waals surface area contributed by atoms with Gasteiger partial charge < -0.3 is 11.1 Å². The van der Waals surface area contributed by atoms with Crippen molar-refractivity contribution in [2.45, 2.75) is 0 Å². The van der Waals surface area contributed by atoms with Crippen LogP contribution in [0.15, 0.2) is 46.9 Å². The smallest absolute Gasteiger partial charge is 0.255 e. The molecule has 0 saturated heterocycles. The number of carbonyl (C=O) groups excluding carboxylic acids is 1. The summed E-state index contributed by atoms with van der Waals surface area (Å²) in [5.74, 6) is -0.919. The van der Waals surface area contributed by atoms with E-state index in [1.54, 1.807) is 36.4 Å². The maximum Gasteiger partial charge on any atom is 0.255 e. The molecular weight excluding hydrogens is 343 g/mol. The Kier molecular flexibility index (Phi) is 4.46. The summed E-state index contributed by atoms with van der Waals surface area (Å²) in [5, 5.41) is 2.52. The lowest BCUT2D eigenvalue weighted by molar-refractivity contribution is 0.102. The molecule has 0 aromatic heterocycles. The summed E-state index contributed by atoms with van der Waals surface area (Å²) in [4.78, 5) is 12.3. The topological polar surface area (TPSA) is 55.1 Å². The van der Waals surface area contributed by atoms with Crippen LogP contribution in [0.4, 0.5) is 10.1 Å². The number of nitrogens with two attached hydrogens (primary N) is 1. The lowest BCUT2D eigenvalue weighted by atomic mass is 10.1. The Hall–Kier alpha value is -1.79. The Labute approximate surface area is 129 Å². The summed E-state index contributed by atoms with van der Waals surface area (Å²) < 4.78 is 14.1. The normalized spacial score (nSPS) is 10.1. The fourth-order valence-corrected chi connectivity index (χ4v) is 2.17. The molecule has 0 atom stereocenters. The summed E-state index contributed by atoms with van der Waals surface area (Å²) in [6, 6.07) is 10.9. The van der Waals surface area contributed by atoms with E-state index in [4.69, 9.17) is 18.0 Å². The van der Waals surface area contributed by atoms with E-state index in [1.807, 2.05) is 0 Å². The van der Waals surface area contributed by atoms with E-state index in [9.17, 15) is 9.18 Å². The molecule has 0 aliphatic heterocycles. The highest BCUT2D eigenvalue weighted by Gasteiger charge is 2.12. The third-order valence-corrected chi connectivity index (χ3v) is 3.53. The quantitative estimate of drug-likeness (QED) is 0.831. The van der Waals surface area contributed by atoms with Gasteiger partial charge in [0, 0.05) is 15.6 Å². The number of benzene rings is 2. The molecule has 0 aliphatic carbocycles. The predicted molar refractivity (Wildman–Crippen MR) is 84.4 cm³/mol. The Morgan fingerprint density at radius 1 is 1.15 bits per heavy atom. The Bertz CT molecular complexity index is 653. The summed E-state index contributed by atoms with van der Waals surface area (Å²) >= 11 is 8.02. The van der Waals surface area contributed by atoms with Gasteiger partial charge in [-0.2, -0.15) is 0 Å². The third-order valence-electron chi connectivity index (χ3n) is 2.63. The molecule has 0 aliphatic rings. The molecule has 102 valence electrons. The Balaban J connectivity index is 2.22. The van der Waals surface area contributed by atoms with Crippen molar-refractivity contribution in [2.24, 2.45) is 5.73 Å². The zero-order valence-electron chi connectivity index (χ0n) is 10.2. The summed E-state index contributed by atoms with van der Waals surface area (Å²) in [7, 11) is 0. The maximum absolute atomic E-state index is 13.6. The van der Waals surface area contributed by atoms with Crippen LogP contribution in [-0.4, -0.2) is 10.9 Å². The van der Waals surface area contributed by atoms with Crippen LogP contribution in [0.1, 0.15) is 15.9 Å². The van der Waals surface area contributed by atoms with Crippen LogP contribution >= 0.6 is 28.1 Å². The average molecular weight is 353 g/mol. The minimum atomic E-state index is -0.507. The lowest BCUT2D eigenvalue weighted by Crippen LogP contribution is -2.14. The molecule has 0 saturated carbocycles. The van der Waals surface area contributed by atoms with Crippen LogP contribution in [0.25, 0.3) is 0 Å². The molecule has 2 aromatic rings. The second kappa shape index (κ2) is 6.11. The van der Waals surface area contributed by atoms with Crippen LogP contribution in [0, 0.1) is 5.82 Å². The first-order chi connectivity index (χ1) is 9.49. The van der Waals surface area contributed by atoms with Crippen LogP contribution in [0.2, 0.25) is 0 Å². The van der Waals surface area contributed by atoms with E-state index < -0.39 is 11.7 Å². The zero-order valence-corrected chi connectivity index (χ0v) is 12.6. The molecule has 0 bridgehead atoms. The van der Waals surface area contributed by atoms with Gasteiger partial charge in [-0.05, 0) is 40.2 Å². The van der Waals surface area contributed by atoms with Gasteiger partial charge >= 0.3 is 0 Å². The zero-order chi connectivity index (χ0) is 14.7. The van der Waals surface area contributed by atoms with Gasteiger partial charge in [-0.15, -0.1) is 0 Å². The van der Waals surface area contributed by atoms with Crippen molar-refractivity contribution in [3.05, 3.63) is 63.9 Å². The Morgan fingerprint density at radius 3 is 2.30 bits per heavy atom. The van der Waals surface area contributed by atoms with Crippen LogP contribution in [0.5, 0.6) is 0 Å². The number of carbonyl (C=O) groups is 1. The molecule has 0 spiro atoms. The first-order valence-corrected chi connectivity index (χ1v) is 6.84. The van der Waals surface area contributed by atoms with Gasteiger partial charge in [-0.3, -0.25) is 4.79 Å². The van der Waals surface area contributed by atoms with Crippen molar-refractivity contribution in [2.75, 3.05) is 5.32 Å². The van der Waals surface area contributed by atoms with E-state index in [-0.39, 0.29) is 10.7 Å². The van der Waals surface area contributed by atoms with Gasteiger partial charge in [0.05, 0.1) is 5.69 Å². The van der Waals surface area contributed by atoms with E-state index in [1.165, 1.54) is 6.07 Å². The van der Waals surface area contributed by atoms with E-state index >= 15 is 0 Å². The molecule has 0 fully saturated rings. The number of para-hydroxylation sites is 1. The van der Waals surface area contributed by atoms with Crippen molar-refractivity contribution in [1.82, 2.24) is 0 Å². The van der Waals surface area contributed by atoms with E-state index in [0.717, 1.165) is 0 Å². The van der Waals surface area contributed by atoms with Gasteiger partial charge in [0.2, 0.25) is 0 Å². The van der Waals surface area contributed by atoms with E-state index in [2.05, 4.69) is 21.2 Å². The SMILES string of the molecule is NC(=S)c1ccc(C(=O)Nc2c(F)cccc2Br)cc1. The number of halogens is 2. The molecule has 0 heterocycles. The van der Waals surface area contributed by atoms with Crippen molar-refractivity contribution in [3.8, 4) is 0 Å². The number of thiocarbonyl (C=S) groups is 1. The largest absolute Gasteiger partial charge is 0.389 e. The second-order valence-corrected chi connectivity index (χ2v) is 5.29. The van der Waals surface area contributed by atoms with Gasteiger partial charge in [-0.1, -0.05) is 30.4 Å². The van der Waals surface area contributed by atoms with Gasteiger partial charge in [0.25, 0.3) is 5.91 Å². The monoisotopic (exact) mass is 352 g/mol. The van der Waals surface area contributed by atoms with Crippen molar-refractivity contribution >= 4 is 44.7 Å². The highest BCUT2D eigenvalue weighted by molar-refractivity contribution is 9.10. The van der Waals surface area contributed by atoms with Gasteiger partial charge in [-0.25, -0.2) is 4.39 Å². The minimum Gasteiger partial charge on any atom is -0.389 e. The number of hydrogen-bond acceptors (Lipinski definition) is 2. The molecule has 2 aromatic carbocycles. The first kappa shape index (κ1) is 14.6. The fourth-order valence-electron chi connectivity index (χ4n) is 1.59. The Morgan fingerprint density at radius 2 is 1.75 bits per heavy atom. The summed E-state index contributed by atoms with van der Waals surface area (Å²) in [5.41, 5.74) is 6.64. The van der Waals surface area contributed by atoms with Crippen LogP contribution in [0.3, 0.4) is 0 Å². The maximum atomic E-state index is 13.6. The summed E-state index contributed by atoms with van der Waals surface area (Å²) in [6.45, 7) is 0. The van der Waals surface area contributed by atoms with E-state index in [0.29, 0.717) is 15.6 Å². The highest BCUT2D eigenvalue weighted by Crippen LogP contribution is 2.25. The molecule has 2 rings (SSSR count). The third kappa shape index (κ3) is 3.20. The fraction of sp³-hybridized carbons (Fsp3) is 0. The second-order valence-electron chi connectivity index (χ2n) is 3.99. The molecule has 0 unspecified atom stereocenters. The minimum absolute atomic E-state index is 0.107. The predicted octanol–water partition coefficient (Wildman–Crippen LogP) is 3.47. The van der Waals surface area contributed by atoms with Crippen LogP contribution in [-0.2, 0) is 0 Å².